The van der Waals surface area contributed by atoms with Gasteiger partial charge in [-0.15, -0.1) is 0 Å². The van der Waals surface area contributed by atoms with Crippen LogP contribution in [0.1, 0.15) is 33.4 Å². The molecule has 0 saturated carbocycles. The van der Waals surface area contributed by atoms with E-state index >= 15 is 0 Å². The summed E-state index contributed by atoms with van der Waals surface area (Å²) in [7, 11) is 0. The SMILES string of the molecule is Cc1ccc(-c2ccccc2N(c2ccc(C3=C(O)C(c4ccc(N(c5ccccc5-c5ccc(C)cc5)c5ccccc5-c5ccc(C)cc5)cc4O)=C3O)c(O)c2)c2ccccc2-c2ccc(C)cc2)cc1. The van der Waals surface area contributed by atoms with Gasteiger partial charge in [0, 0.05) is 56.9 Å². The van der Waals surface area contributed by atoms with Gasteiger partial charge in [-0.2, -0.15) is 0 Å². The van der Waals surface area contributed by atoms with Gasteiger partial charge in [-0.05, 0) is 98.5 Å². The molecule has 1 aliphatic rings. The lowest BCUT2D eigenvalue weighted by Gasteiger charge is -2.31. The lowest BCUT2D eigenvalue weighted by molar-refractivity contribution is 0.386. The van der Waals surface area contributed by atoms with Crippen molar-refractivity contribution in [2.45, 2.75) is 27.7 Å². The van der Waals surface area contributed by atoms with E-state index in [1.165, 1.54) is 0 Å². The van der Waals surface area contributed by atoms with Crippen molar-refractivity contribution in [2.75, 3.05) is 9.80 Å². The largest absolute Gasteiger partial charge is 0.507 e. The van der Waals surface area contributed by atoms with E-state index in [0.29, 0.717) is 11.4 Å². The lowest BCUT2D eigenvalue weighted by atomic mass is 9.83. The number of nitrogens with zero attached hydrogens (tertiary/aromatic N) is 2. The van der Waals surface area contributed by atoms with E-state index in [2.05, 4.69) is 183 Å². The molecule has 0 bridgehead atoms. The van der Waals surface area contributed by atoms with Crippen LogP contribution in [0.3, 0.4) is 0 Å². The fraction of sp³-hybridized carbons (Fsp3) is 0.0588. The minimum absolute atomic E-state index is 0.0832. The van der Waals surface area contributed by atoms with Gasteiger partial charge in [0.05, 0.1) is 33.9 Å². The molecule has 10 aromatic rings. The van der Waals surface area contributed by atoms with E-state index in [1.54, 1.807) is 24.3 Å². The van der Waals surface area contributed by atoms with Crippen molar-refractivity contribution in [3.8, 4) is 56.0 Å². The summed E-state index contributed by atoms with van der Waals surface area (Å²) in [6.45, 7) is 8.29. The molecular weight excluding hydrogens is 909 g/mol. The Labute approximate surface area is 432 Å². The molecule has 0 heterocycles. The van der Waals surface area contributed by atoms with Gasteiger partial charge in [-0.3, -0.25) is 0 Å². The summed E-state index contributed by atoms with van der Waals surface area (Å²) in [6, 6.07) is 77.3. The molecule has 6 nitrogen and oxygen atoms in total. The molecule has 0 unspecified atom stereocenters. The van der Waals surface area contributed by atoms with Crippen LogP contribution in [0.15, 0.2) is 242 Å². The van der Waals surface area contributed by atoms with Crippen molar-refractivity contribution in [3.05, 3.63) is 275 Å². The first-order valence-electron chi connectivity index (χ1n) is 24.8. The summed E-state index contributed by atoms with van der Waals surface area (Å²) in [5.74, 6) is -0.776. The van der Waals surface area contributed by atoms with E-state index in [4.69, 9.17) is 0 Å². The van der Waals surface area contributed by atoms with E-state index in [-0.39, 0.29) is 45.3 Å². The maximum atomic E-state index is 12.0. The number of phenolic OH excluding ortho intramolecular Hbond substituents is 2. The predicted octanol–water partition coefficient (Wildman–Crippen LogP) is 18.2. The highest BCUT2D eigenvalue weighted by atomic mass is 16.3. The fourth-order valence-corrected chi connectivity index (χ4v) is 10.1. The number of phenols is 2. The van der Waals surface area contributed by atoms with E-state index in [9.17, 15) is 20.4 Å². The number of hydrogen-bond acceptors (Lipinski definition) is 6. The van der Waals surface area contributed by atoms with Crippen LogP contribution in [0.4, 0.5) is 34.1 Å². The monoisotopic (exact) mass is 962 g/mol. The van der Waals surface area contributed by atoms with E-state index in [0.717, 1.165) is 89.5 Å². The summed E-state index contributed by atoms with van der Waals surface area (Å²) in [6.07, 6.45) is 0. The third-order valence-electron chi connectivity index (χ3n) is 14.0. The molecular formula is C68H54N2O4. The van der Waals surface area contributed by atoms with Gasteiger partial charge in [0.2, 0.25) is 0 Å². The third kappa shape index (κ3) is 8.73. The summed E-state index contributed by atoms with van der Waals surface area (Å²) in [5.41, 5.74) is 18.4. The van der Waals surface area contributed by atoms with Crippen molar-refractivity contribution in [3.63, 3.8) is 0 Å². The maximum absolute atomic E-state index is 12.0. The first-order valence-corrected chi connectivity index (χ1v) is 24.8. The Kier molecular flexibility index (Phi) is 12.4. The number of benzene rings is 10. The highest BCUT2D eigenvalue weighted by molar-refractivity contribution is 6.08. The van der Waals surface area contributed by atoms with Crippen LogP contribution in [0.2, 0.25) is 0 Å². The van der Waals surface area contributed by atoms with E-state index in [1.807, 2.05) is 60.7 Å². The third-order valence-corrected chi connectivity index (χ3v) is 14.0. The normalized spacial score (nSPS) is 12.2. The minimum atomic E-state index is -0.244. The van der Waals surface area contributed by atoms with Crippen molar-refractivity contribution < 1.29 is 20.4 Å². The van der Waals surface area contributed by atoms with Gasteiger partial charge < -0.3 is 30.2 Å². The zero-order chi connectivity index (χ0) is 51.0. The molecule has 11 rings (SSSR count). The number of aliphatic hydroxyl groups is 2. The van der Waals surface area contributed by atoms with Gasteiger partial charge in [-0.25, -0.2) is 0 Å². The molecule has 0 aliphatic heterocycles. The number of aromatic hydroxyl groups is 2. The van der Waals surface area contributed by atoms with Crippen LogP contribution < -0.4 is 9.80 Å². The van der Waals surface area contributed by atoms with Crippen LogP contribution >= 0.6 is 0 Å². The van der Waals surface area contributed by atoms with Crippen molar-refractivity contribution in [1.29, 1.82) is 0 Å². The zero-order valence-electron chi connectivity index (χ0n) is 41.6. The van der Waals surface area contributed by atoms with E-state index < -0.39 is 0 Å². The predicted molar refractivity (Wildman–Crippen MR) is 305 cm³/mol. The Morgan fingerprint density at radius 3 is 0.743 bits per heavy atom. The Morgan fingerprint density at radius 2 is 0.500 bits per heavy atom. The molecule has 6 heteroatoms. The average molecular weight is 963 g/mol. The van der Waals surface area contributed by atoms with Gasteiger partial charge in [0.25, 0.3) is 0 Å². The molecule has 0 fully saturated rings. The van der Waals surface area contributed by atoms with Crippen LogP contribution in [0, 0.1) is 27.7 Å². The zero-order valence-corrected chi connectivity index (χ0v) is 41.6. The summed E-state index contributed by atoms with van der Waals surface area (Å²) >= 11 is 0. The molecule has 0 radical (unpaired) electrons. The van der Waals surface area contributed by atoms with Gasteiger partial charge >= 0.3 is 0 Å². The molecule has 0 amide bonds. The summed E-state index contributed by atoms with van der Waals surface area (Å²) in [5, 5.41) is 47.9. The maximum Gasteiger partial charge on any atom is 0.139 e. The fourth-order valence-electron chi connectivity index (χ4n) is 10.1. The van der Waals surface area contributed by atoms with Crippen LogP contribution in [0.5, 0.6) is 11.5 Å². The van der Waals surface area contributed by atoms with Crippen LogP contribution in [0.25, 0.3) is 55.7 Å². The molecule has 0 aromatic heterocycles. The molecule has 360 valence electrons. The molecule has 0 atom stereocenters. The smallest absolute Gasteiger partial charge is 0.139 e. The molecule has 74 heavy (non-hydrogen) atoms. The van der Waals surface area contributed by atoms with Crippen LogP contribution in [-0.2, 0) is 0 Å². The Hall–Kier alpha value is -9.52. The van der Waals surface area contributed by atoms with Gasteiger partial charge in [0.15, 0.2) is 0 Å². The van der Waals surface area contributed by atoms with Gasteiger partial charge in [-0.1, -0.05) is 192 Å². The highest BCUT2D eigenvalue weighted by Crippen LogP contribution is 2.53. The Bertz CT molecular complexity index is 3360. The van der Waals surface area contributed by atoms with Gasteiger partial charge in [0.1, 0.15) is 23.0 Å². The number of aliphatic hydroxyl groups excluding tert-OH is 2. The number of allylic oxidation sites excluding steroid dienone is 2. The first-order chi connectivity index (χ1) is 36.0. The average Bonchev–Trinajstić information content (AvgIpc) is 3.43. The number of rotatable bonds is 12. The Balaban J connectivity index is 0.982. The number of para-hydroxylation sites is 4. The number of hydrogen-bond donors (Lipinski definition) is 4. The topological polar surface area (TPSA) is 87.4 Å². The molecule has 10 aromatic carbocycles. The quantitative estimate of drug-likeness (QED) is 0.0976. The molecule has 1 aliphatic carbocycles. The molecule has 4 N–H and O–H groups in total. The lowest BCUT2D eigenvalue weighted by Crippen LogP contribution is -2.14. The summed E-state index contributed by atoms with van der Waals surface area (Å²) < 4.78 is 0. The number of aryl methyl sites for hydroxylation is 4. The second-order valence-corrected chi connectivity index (χ2v) is 19.1. The summed E-state index contributed by atoms with van der Waals surface area (Å²) in [4.78, 5) is 4.29. The van der Waals surface area contributed by atoms with Crippen molar-refractivity contribution >= 4 is 45.3 Å². The van der Waals surface area contributed by atoms with Crippen LogP contribution in [-0.4, -0.2) is 20.4 Å². The second-order valence-electron chi connectivity index (χ2n) is 19.1. The molecule has 0 saturated heterocycles. The number of anilines is 6. The minimum Gasteiger partial charge on any atom is -0.507 e. The highest BCUT2D eigenvalue weighted by Gasteiger charge is 2.35. The Morgan fingerprint density at radius 1 is 0.257 bits per heavy atom. The van der Waals surface area contributed by atoms with Crippen molar-refractivity contribution in [1.82, 2.24) is 0 Å². The standard InChI is InChI=1S/C68H54N2O4/c1-43-21-29-47(30-22-43)53-13-5-9-17-59(53)69(60-18-10-6-14-54(60)48-31-23-44(2)24-32-48)51-37-39-57(63(71)41-51)65-67(73)66(68(65)74)58-40-38-52(42-64(58)72)70(61-19-11-7-15-55(61)49-33-25-45(3)26-34-49)62-20-12-8-16-56(62)50-35-27-46(4)28-36-50/h5-42,71-74H,1-4H3. The molecule has 0 spiro atoms. The van der Waals surface area contributed by atoms with Crippen molar-refractivity contribution in [2.24, 2.45) is 0 Å². The second kappa shape index (κ2) is 19.6. The first kappa shape index (κ1) is 46.8.